The van der Waals surface area contributed by atoms with Crippen LogP contribution in [0, 0.1) is 2.69 Å². The van der Waals surface area contributed by atoms with Crippen molar-refractivity contribution in [2.75, 3.05) is 0 Å². The van der Waals surface area contributed by atoms with Gasteiger partial charge in [0.25, 0.3) is 0 Å². The second-order valence-corrected chi connectivity index (χ2v) is 14.2. The summed E-state index contributed by atoms with van der Waals surface area (Å²) < 4.78 is 3.52. The first kappa shape index (κ1) is 18.2. The number of hydrogen-bond acceptors (Lipinski definition) is 4. The van der Waals surface area contributed by atoms with Crippen LogP contribution in [-0.2, 0) is 0 Å². The Kier molecular flexibility index (Phi) is 6.56. The van der Waals surface area contributed by atoms with Crippen LogP contribution in [0.5, 0.6) is 0 Å². The van der Waals surface area contributed by atoms with E-state index in [2.05, 4.69) is 15.6 Å². The molecule has 0 spiro atoms. The van der Waals surface area contributed by atoms with E-state index in [0.29, 0.717) is 0 Å². The van der Waals surface area contributed by atoms with Crippen LogP contribution in [0.15, 0.2) is 60.7 Å². The van der Waals surface area contributed by atoms with E-state index in [1.54, 1.807) is 22.7 Å². The average Bonchev–Trinajstić information content (AvgIpc) is 2.95. The summed E-state index contributed by atoms with van der Waals surface area (Å²) in [5.41, 5.74) is 1.48. The third-order valence-corrected chi connectivity index (χ3v) is 12.3. The summed E-state index contributed by atoms with van der Waals surface area (Å²) >= 11 is 5.65. The predicted octanol–water partition coefficient (Wildman–Crippen LogP) is 1.85. The van der Waals surface area contributed by atoms with Crippen LogP contribution < -0.4 is 7.55 Å². The molecule has 3 aromatic rings. The maximum atomic E-state index is 12.5. The van der Waals surface area contributed by atoms with Gasteiger partial charge in [0.05, 0.1) is 0 Å². The van der Waals surface area contributed by atoms with Crippen molar-refractivity contribution in [3.63, 3.8) is 0 Å². The van der Waals surface area contributed by atoms with Gasteiger partial charge in [-0.3, -0.25) is 0 Å². The molecule has 0 unspecified atom stereocenters. The van der Waals surface area contributed by atoms with E-state index < -0.39 is 0 Å². The number of carbonyl (C=O) groups is 2. The van der Waals surface area contributed by atoms with Gasteiger partial charge in [-0.15, -0.1) is 0 Å². The van der Waals surface area contributed by atoms with Crippen molar-refractivity contribution in [2.24, 2.45) is 0 Å². The fourth-order valence-corrected chi connectivity index (χ4v) is 13.0. The number of benzene rings is 2. The molecule has 24 heavy (non-hydrogen) atoms. The van der Waals surface area contributed by atoms with Gasteiger partial charge in [-0.05, 0) is 0 Å². The Morgan fingerprint density at radius 1 is 0.708 bits per heavy atom. The first-order chi connectivity index (χ1) is 11.6. The van der Waals surface area contributed by atoms with Crippen molar-refractivity contribution in [2.45, 2.75) is 0 Å². The molecule has 1 aromatic heterocycles. The fourth-order valence-electron chi connectivity index (χ4n) is 1.82. The third kappa shape index (κ3) is 4.72. The van der Waals surface area contributed by atoms with Crippen molar-refractivity contribution in [1.29, 1.82) is 0 Å². The first-order valence-corrected chi connectivity index (χ1v) is 12.7. The molecule has 0 aliphatic rings. The van der Waals surface area contributed by atoms with Crippen molar-refractivity contribution in [3.8, 4) is 0 Å². The first-order valence-electron chi connectivity index (χ1n) is 6.82. The average molecular weight is 547 g/mol. The molecule has 0 amide bonds. The van der Waals surface area contributed by atoms with Crippen molar-refractivity contribution >= 4 is 85.1 Å². The van der Waals surface area contributed by atoms with E-state index >= 15 is 0 Å². The normalized spacial score (nSPS) is 10.5. The molecule has 1 heterocycles. The summed E-state index contributed by atoms with van der Waals surface area (Å²) in [5, 5.41) is 0. The van der Waals surface area contributed by atoms with Gasteiger partial charge in [-0.1, -0.05) is 0 Å². The Balaban J connectivity index is 1.80. The van der Waals surface area contributed by atoms with Gasteiger partial charge in [-0.2, -0.15) is 0 Å². The number of carbonyl (C=O) groups excluding carboxylic acids is 2. The number of rotatable bonds is 6. The summed E-state index contributed by atoms with van der Waals surface area (Å²) in [6.45, 7) is 0. The Bertz CT molecular complexity index is 844. The van der Waals surface area contributed by atoms with Crippen molar-refractivity contribution in [3.05, 3.63) is 74.5 Å². The Hall–Kier alpha value is -0.612. The van der Waals surface area contributed by atoms with E-state index in [0.717, 1.165) is 21.4 Å². The van der Waals surface area contributed by atoms with Crippen LogP contribution in [0.1, 0.15) is 20.7 Å². The van der Waals surface area contributed by atoms with Crippen LogP contribution >= 0.6 is 22.7 Å². The van der Waals surface area contributed by atoms with Crippen LogP contribution in [0.3, 0.4) is 0 Å². The molecule has 0 N–H and O–H groups in total. The Morgan fingerprint density at radius 2 is 1.08 bits per heavy atom. The molecule has 0 fully saturated rings. The van der Waals surface area contributed by atoms with Gasteiger partial charge in [-0.25, -0.2) is 0 Å². The van der Waals surface area contributed by atoms with Gasteiger partial charge >= 0.3 is 169 Å². The second kappa shape index (κ2) is 8.66. The third-order valence-electron chi connectivity index (χ3n) is 2.91. The van der Waals surface area contributed by atoms with E-state index in [1.807, 2.05) is 60.7 Å². The predicted molar refractivity (Wildman–Crippen MR) is 104 cm³/mol. The SMILES string of the molecule is O=C([Se]c1sc(=[Se])sc1[Se]C(=O)c1ccccc1)c1ccccc1. The van der Waals surface area contributed by atoms with Gasteiger partial charge in [0, 0.05) is 0 Å². The van der Waals surface area contributed by atoms with E-state index in [4.69, 9.17) is 0 Å². The van der Waals surface area contributed by atoms with Gasteiger partial charge < -0.3 is 0 Å². The van der Waals surface area contributed by atoms with Crippen LogP contribution in [0.25, 0.3) is 0 Å². The minimum atomic E-state index is -0.293. The molecule has 0 radical (unpaired) electrons. The molecular formula is C17H10O2S2Se3. The molecule has 0 saturated heterocycles. The molecule has 7 heteroatoms. The molecule has 0 aliphatic heterocycles. The monoisotopic (exact) mass is 550 g/mol. The van der Waals surface area contributed by atoms with Gasteiger partial charge in [0.15, 0.2) is 0 Å². The summed E-state index contributed by atoms with van der Waals surface area (Å²) in [6, 6.07) is 18.7. The molecule has 0 atom stereocenters. The summed E-state index contributed by atoms with van der Waals surface area (Å²) in [7, 11) is 0. The topological polar surface area (TPSA) is 34.1 Å². The van der Waals surface area contributed by atoms with Crippen molar-refractivity contribution < 1.29 is 9.59 Å². The fraction of sp³-hybridized carbons (Fsp3) is 0. The summed E-state index contributed by atoms with van der Waals surface area (Å²) in [5.74, 6) is 0. The zero-order chi connectivity index (χ0) is 16.9. The standard InChI is InChI=1S/C17H10O2S2Se3/c18-13(11-7-3-1-4-8-11)23-15-16(21-17(22)20-15)24-14(19)12-9-5-2-6-10-12/h1-10H. The second-order valence-electron chi connectivity index (χ2n) is 4.54. The van der Waals surface area contributed by atoms with Crippen LogP contribution in [0.2, 0.25) is 0 Å². The van der Waals surface area contributed by atoms with E-state index in [9.17, 15) is 9.59 Å². The Labute approximate surface area is 168 Å². The molecule has 2 nitrogen and oxygen atoms in total. The number of hydrogen-bond donors (Lipinski definition) is 0. The quantitative estimate of drug-likeness (QED) is 0.442. The van der Waals surface area contributed by atoms with Crippen molar-refractivity contribution in [1.82, 2.24) is 0 Å². The van der Waals surface area contributed by atoms with Crippen LogP contribution in [0.4, 0.5) is 0 Å². The van der Waals surface area contributed by atoms with Crippen LogP contribution in [-0.4, -0.2) is 54.9 Å². The molecule has 0 aliphatic carbocycles. The minimum absolute atomic E-state index is 0.154. The zero-order valence-electron chi connectivity index (χ0n) is 12.1. The van der Waals surface area contributed by atoms with Gasteiger partial charge in [0.2, 0.25) is 0 Å². The van der Waals surface area contributed by atoms with E-state index in [1.165, 1.54) is 0 Å². The molecule has 0 saturated carbocycles. The van der Waals surface area contributed by atoms with Gasteiger partial charge in [0.1, 0.15) is 0 Å². The summed E-state index contributed by atoms with van der Waals surface area (Å²) in [4.78, 5) is 25.0. The van der Waals surface area contributed by atoms with E-state index in [-0.39, 0.29) is 39.3 Å². The zero-order valence-corrected chi connectivity index (χ0v) is 18.9. The molecule has 120 valence electrons. The molecule has 0 bridgehead atoms. The molecule has 2 aromatic carbocycles. The molecule has 3 rings (SSSR count). The Morgan fingerprint density at radius 3 is 1.46 bits per heavy atom. The molecular weight excluding hydrogens is 537 g/mol. The summed E-state index contributed by atoms with van der Waals surface area (Å²) in [6.07, 6.45) is 0. The maximum absolute atomic E-state index is 12.5.